The lowest BCUT2D eigenvalue weighted by Gasteiger charge is -2.28. The van der Waals surface area contributed by atoms with Crippen molar-refractivity contribution in [1.29, 1.82) is 0 Å². The van der Waals surface area contributed by atoms with Gasteiger partial charge < -0.3 is 5.32 Å². The van der Waals surface area contributed by atoms with E-state index in [2.05, 4.69) is 42.0 Å². The molecular weight excluding hydrogens is 346 g/mol. The van der Waals surface area contributed by atoms with Gasteiger partial charge in [0.1, 0.15) is 0 Å². The molecule has 0 amide bonds. The Kier molecular flexibility index (Phi) is 11.9. The molecule has 1 saturated carbocycles. The zero-order valence-corrected chi connectivity index (χ0v) is 17.7. The second-order valence-electron chi connectivity index (χ2n) is 8.01. The quantitative estimate of drug-likeness (QED) is 0.324. The first-order valence-corrected chi connectivity index (χ1v) is 11.3. The summed E-state index contributed by atoms with van der Waals surface area (Å²) in [4.78, 5) is 0. The minimum absolute atomic E-state index is 0.355. The molecule has 0 spiro atoms. The van der Waals surface area contributed by atoms with Gasteiger partial charge in [-0.1, -0.05) is 81.1 Å². The minimum atomic E-state index is 0.355. The molecular formula is C21H42BrN. The number of nitrogens with one attached hydrogen (secondary N) is 1. The summed E-state index contributed by atoms with van der Waals surface area (Å²) in [5.41, 5.74) is 0. The predicted molar refractivity (Wildman–Crippen MR) is 109 cm³/mol. The van der Waals surface area contributed by atoms with Gasteiger partial charge in [-0.2, -0.15) is 0 Å². The first-order valence-electron chi connectivity index (χ1n) is 10.5. The molecule has 0 saturated heterocycles. The van der Waals surface area contributed by atoms with E-state index in [1.54, 1.807) is 0 Å². The molecule has 0 heterocycles. The van der Waals surface area contributed by atoms with E-state index in [-0.39, 0.29) is 0 Å². The van der Waals surface area contributed by atoms with E-state index in [0.717, 1.165) is 12.0 Å². The van der Waals surface area contributed by atoms with E-state index in [4.69, 9.17) is 0 Å². The third-order valence-corrected chi connectivity index (χ3v) is 6.88. The maximum atomic E-state index is 3.91. The van der Waals surface area contributed by atoms with Crippen LogP contribution in [0.4, 0.5) is 0 Å². The lowest BCUT2D eigenvalue weighted by Crippen LogP contribution is -2.36. The second kappa shape index (κ2) is 12.8. The first kappa shape index (κ1) is 21.5. The van der Waals surface area contributed by atoms with Crippen molar-refractivity contribution < 1.29 is 0 Å². The highest BCUT2D eigenvalue weighted by atomic mass is 79.9. The van der Waals surface area contributed by atoms with Crippen molar-refractivity contribution in [2.24, 2.45) is 5.92 Å². The van der Waals surface area contributed by atoms with Crippen molar-refractivity contribution in [3.8, 4) is 0 Å². The minimum Gasteiger partial charge on any atom is -0.314 e. The molecule has 1 rings (SSSR count). The van der Waals surface area contributed by atoms with Gasteiger partial charge in [-0.05, 0) is 57.9 Å². The van der Waals surface area contributed by atoms with Crippen LogP contribution in [0.25, 0.3) is 0 Å². The Morgan fingerprint density at radius 1 is 0.957 bits per heavy atom. The molecule has 2 heteroatoms. The highest BCUT2D eigenvalue weighted by Gasteiger charge is 2.20. The average Bonchev–Trinajstić information content (AvgIpc) is 2.56. The van der Waals surface area contributed by atoms with Crippen molar-refractivity contribution in [3.05, 3.63) is 0 Å². The lowest BCUT2D eigenvalue weighted by molar-refractivity contribution is 0.284. The summed E-state index contributed by atoms with van der Waals surface area (Å²) in [6.45, 7) is 8.19. The molecule has 0 aromatic carbocycles. The Morgan fingerprint density at radius 3 is 2.04 bits per heavy atom. The standard InChI is InChI=1S/C21H42BrN/c1-4-20(23-18-14-13-17-21(3,22)5-2)19-15-11-9-7-6-8-10-12-16-19/h19-20,23H,4-18H2,1-3H3. The molecule has 0 aliphatic heterocycles. The SMILES string of the molecule is CCC(NCCCCC(C)(Br)CC)C1CCCCCCCCC1. The molecule has 0 aromatic heterocycles. The smallest absolute Gasteiger partial charge is 0.0227 e. The summed E-state index contributed by atoms with van der Waals surface area (Å²) in [5.74, 6) is 0.926. The van der Waals surface area contributed by atoms with Crippen LogP contribution >= 0.6 is 15.9 Å². The first-order chi connectivity index (χ1) is 11.1. The molecule has 1 nitrogen and oxygen atoms in total. The summed E-state index contributed by atoms with van der Waals surface area (Å²) < 4.78 is 0.355. The lowest BCUT2D eigenvalue weighted by atomic mass is 9.85. The van der Waals surface area contributed by atoms with Gasteiger partial charge in [-0.15, -0.1) is 0 Å². The summed E-state index contributed by atoms with van der Waals surface area (Å²) >= 11 is 3.85. The molecule has 1 N–H and O–H groups in total. The van der Waals surface area contributed by atoms with Gasteiger partial charge in [-0.25, -0.2) is 0 Å². The zero-order chi connectivity index (χ0) is 17.0. The van der Waals surface area contributed by atoms with Gasteiger partial charge in [0.2, 0.25) is 0 Å². The number of halogens is 1. The molecule has 1 aliphatic rings. The third kappa shape index (κ3) is 10.1. The van der Waals surface area contributed by atoms with E-state index < -0.39 is 0 Å². The highest BCUT2D eigenvalue weighted by Crippen LogP contribution is 2.28. The Labute approximate surface area is 154 Å². The normalized spacial score (nSPS) is 22.4. The third-order valence-electron chi connectivity index (χ3n) is 5.93. The zero-order valence-electron chi connectivity index (χ0n) is 16.1. The van der Waals surface area contributed by atoms with Crippen molar-refractivity contribution in [2.45, 2.75) is 121 Å². The van der Waals surface area contributed by atoms with E-state index in [0.29, 0.717) is 4.32 Å². The van der Waals surface area contributed by atoms with E-state index in [9.17, 15) is 0 Å². The number of rotatable bonds is 9. The Balaban J connectivity index is 2.27. The van der Waals surface area contributed by atoms with Crippen LogP contribution in [0.15, 0.2) is 0 Å². The van der Waals surface area contributed by atoms with E-state index in [1.165, 1.54) is 96.4 Å². The van der Waals surface area contributed by atoms with E-state index >= 15 is 0 Å². The average molecular weight is 388 g/mol. The summed E-state index contributed by atoms with van der Waals surface area (Å²) in [7, 11) is 0. The van der Waals surface area contributed by atoms with Crippen molar-refractivity contribution >= 4 is 15.9 Å². The number of hydrogen-bond acceptors (Lipinski definition) is 1. The molecule has 0 bridgehead atoms. The predicted octanol–water partition coefficient (Wildman–Crippen LogP) is 7.23. The van der Waals surface area contributed by atoms with Crippen LogP contribution < -0.4 is 5.32 Å². The summed E-state index contributed by atoms with van der Waals surface area (Å²) in [6, 6.07) is 0.760. The van der Waals surface area contributed by atoms with Crippen molar-refractivity contribution in [2.75, 3.05) is 6.54 Å². The van der Waals surface area contributed by atoms with Crippen LogP contribution in [0, 0.1) is 5.92 Å². The summed E-state index contributed by atoms with van der Waals surface area (Å²) in [6.07, 6.45) is 19.7. The summed E-state index contributed by atoms with van der Waals surface area (Å²) in [5, 5.41) is 3.91. The monoisotopic (exact) mass is 387 g/mol. The van der Waals surface area contributed by atoms with Crippen LogP contribution in [-0.2, 0) is 0 Å². The van der Waals surface area contributed by atoms with Gasteiger partial charge >= 0.3 is 0 Å². The van der Waals surface area contributed by atoms with Gasteiger partial charge in [0, 0.05) is 10.4 Å². The van der Waals surface area contributed by atoms with Crippen LogP contribution in [0.2, 0.25) is 0 Å². The largest absolute Gasteiger partial charge is 0.314 e. The number of hydrogen-bond donors (Lipinski definition) is 1. The maximum Gasteiger partial charge on any atom is 0.0227 e. The van der Waals surface area contributed by atoms with Gasteiger partial charge in [0.15, 0.2) is 0 Å². The number of alkyl halides is 1. The van der Waals surface area contributed by atoms with Crippen molar-refractivity contribution in [3.63, 3.8) is 0 Å². The molecule has 1 aliphatic carbocycles. The molecule has 0 aromatic rings. The molecule has 2 unspecified atom stereocenters. The Morgan fingerprint density at radius 2 is 1.52 bits per heavy atom. The van der Waals surface area contributed by atoms with Crippen LogP contribution in [0.3, 0.4) is 0 Å². The second-order valence-corrected chi connectivity index (χ2v) is 9.92. The topological polar surface area (TPSA) is 12.0 Å². The van der Waals surface area contributed by atoms with Crippen LogP contribution in [0.1, 0.15) is 111 Å². The molecule has 0 radical (unpaired) electrons. The van der Waals surface area contributed by atoms with Gasteiger partial charge in [0.05, 0.1) is 0 Å². The maximum absolute atomic E-state index is 3.91. The van der Waals surface area contributed by atoms with Crippen molar-refractivity contribution in [1.82, 2.24) is 5.32 Å². The fourth-order valence-electron chi connectivity index (χ4n) is 3.97. The molecule has 23 heavy (non-hydrogen) atoms. The Bertz CT molecular complexity index is 267. The number of unbranched alkanes of at least 4 members (excludes halogenated alkanes) is 1. The molecule has 138 valence electrons. The fourth-order valence-corrected chi connectivity index (χ4v) is 4.25. The van der Waals surface area contributed by atoms with Gasteiger partial charge in [0.25, 0.3) is 0 Å². The molecule has 2 atom stereocenters. The highest BCUT2D eigenvalue weighted by molar-refractivity contribution is 9.10. The van der Waals surface area contributed by atoms with Crippen LogP contribution in [-0.4, -0.2) is 16.9 Å². The van der Waals surface area contributed by atoms with Gasteiger partial charge in [-0.3, -0.25) is 0 Å². The fraction of sp³-hybridized carbons (Fsp3) is 1.00. The Hall–Kier alpha value is 0.440. The van der Waals surface area contributed by atoms with Crippen LogP contribution in [0.5, 0.6) is 0 Å². The van der Waals surface area contributed by atoms with E-state index in [1.807, 2.05) is 0 Å². The molecule has 1 fully saturated rings.